The van der Waals surface area contributed by atoms with Crippen LogP contribution in [0.3, 0.4) is 0 Å². The summed E-state index contributed by atoms with van der Waals surface area (Å²) in [5.41, 5.74) is 2.11. The van der Waals surface area contributed by atoms with Crippen LogP contribution in [0.25, 0.3) is 6.08 Å². The summed E-state index contributed by atoms with van der Waals surface area (Å²) in [4.78, 5) is 15.7. The summed E-state index contributed by atoms with van der Waals surface area (Å²) < 4.78 is 0. The molecule has 0 aliphatic heterocycles. The van der Waals surface area contributed by atoms with Crippen LogP contribution in [0, 0.1) is 0 Å². The molecular formula is C16H24N2O2. The molecule has 1 aromatic carbocycles. The Morgan fingerprint density at radius 2 is 1.85 bits per heavy atom. The summed E-state index contributed by atoms with van der Waals surface area (Å²) in [5.74, 6) is -0.0780. The summed E-state index contributed by atoms with van der Waals surface area (Å²) in [6, 6.07) is 8.06. The molecular weight excluding hydrogens is 252 g/mol. The van der Waals surface area contributed by atoms with Gasteiger partial charge in [-0.05, 0) is 37.6 Å². The van der Waals surface area contributed by atoms with Crippen molar-refractivity contribution in [3.63, 3.8) is 0 Å². The van der Waals surface area contributed by atoms with Crippen LogP contribution in [0.2, 0.25) is 0 Å². The van der Waals surface area contributed by atoms with E-state index in [1.54, 1.807) is 17.1 Å². The van der Waals surface area contributed by atoms with Gasteiger partial charge in [0.1, 0.15) is 0 Å². The Morgan fingerprint density at radius 1 is 1.25 bits per heavy atom. The van der Waals surface area contributed by atoms with Gasteiger partial charge in [0.2, 0.25) is 5.91 Å². The molecule has 1 N–H and O–H groups in total. The molecule has 0 bridgehead atoms. The normalized spacial score (nSPS) is 11.1. The quantitative estimate of drug-likeness (QED) is 0.808. The van der Waals surface area contributed by atoms with Crippen molar-refractivity contribution in [1.29, 1.82) is 0 Å². The second-order valence-corrected chi connectivity index (χ2v) is 5.17. The Morgan fingerprint density at radius 3 is 2.30 bits per heavy atom. The molecule has 0 fully saturated rings. The molecule has 1 rings (SSSR count). The molecule has 20 heavy (non-hydrogen) atoms. The first-order valence-corrected chi connectivity index (χ1v) is 6.82. The van der Waals surface area contributed by atoms with Crippen molar-refractivity contribution in [3.8, 4) is 0 Å². The minimum atomic E-state index is -0.0780. The van der Waals surface area contributed by atoms with Gasteiger partial charge < -0.3 is 14.9 Å². The van der Waals surface area contributed by atoms with E-state index in [0.717, 1.165) is 11.3 Å². The first-order valence-electron chi connectivity index (χ1n) is 6.82. The van der Waals surface area contributed by atoms with Crippen molar-refractivity contribution < 1.29 is 9.90 Å². The summed E-state index contributed by atoms with van der Waals surface area (Å²) >= 11 is 0. The standard InChI is InChI=1S/C16H24N2O2/c1-13(2)18(11-12-19)16(20)10-7-14-5-8-15(9-6-14)17(3)4/h5-10,13,19H,11-12H2,1-4H3/b10-7+. The fourth-order valence-corrected chi connectivity index (χ4v) is 1.88. The zero-order valence-corrected chi connectivity index (χ0v) is 12.7. The Balaban J connectivity index is 2.73. The zero-order valence-electron chi connectivity index (χ0n) is 12.7. The van der Waals surface area contributed by atoms with Crippen molar-refractivity contribution in [2.24, 2.45) is 0 Å². The van der Waals surface area contributed by atoms with Gasteiger partial charge in [0.25, 0.3) is 0 Å². The Hall–Kier alpha value is -1.81. The van der Waals surface area contributed by atoms with Gasteiger partial charge in [0.15, 0.2) is 0 Å². The third-order valence-corrected chi connectivity index (χ3v) is 3.08. The van der Waals surface area contributed by atoms with Gasteiger partial charge >= 0.3 is 0 Å². The second-order valence-electron chi connectivity index (χ2n) is 5.17. The fraction of sp³-hybridized carbons (Fsp3) is 0.438. The van der Waals surface area contributed by atoms with E-state index in [1.165, 1.54) is 0 Å². The highest BCUT2D eigenvalue weighted by molar-refractivity contribution is 5.92. The average Bonchev–Trinajstić information content (AvgIpc) is 2.42. The van der Waals surface area contributed by atoms with Gasteiger partial charge in [-0.25, -0.2) is 0 Å². The van der Waals surface area contributed by atoms with Crippen LogP contribution >= 0.6 is 0 Å². The molecule has 1 amide bonds. The maximum Gasteiger partial charge on any atom is 0.246 e. The molecule has 1 aromatic rings. The fourth-order valence-electron chi connectivity index (χ4n) is 1.88. The summed E-state index contributed by atoms with van der Waals surface area (Å²) in [7, 11) is 3.98. The lowest BCUT2D eigenvalue weighted by Gasteiger charge is -2.24. The molecule has 4 heteroatoms. The molecule has 0 saturated carbocycles. The third-order valence-electron chi connectivity index (χ3n) is 3.08. The summed E-state index contributed by atoms with van der Waals surface area (Å²) in [6.07, 6.45) is 3.36. The monoisotopic (exact) mass is 276 g/mol. The van der Waals surface area contributed by atoms with Crippen LogP contribution in [0.15, 0.2) is 30.3 Å². The number of hydrogen-bond acceptors (Lipinski definition) is 3. The van der Waals surface area contributed by atoms with Crippen LogP contribution in [0.5, 0.6) is 0 Å². The van der Waals surface area contributed by atoms with Gasteiger partial charge in [0.05, 0.1) is 6.61 Å². The maximum atomic E-state index is 12.0. The number of benzene rings is 1. The predicted octanol–water partition coefficient (Wildman–Crippen LogP) is 2.00. The molecule has 0 saturated heterocycles. The highest BCUT2D eigenvalue weighted by Crippen LogP contribution is 2.13. The number of aliphatic hydroxyl groups is 1. The van der Waals surface area contributed by atoms with E-state index in [2.05, 4.69) is 0 Å². The molecule has 110 valence electrons. The second kappa shape index (κ2) is 7.70. The van der Waals surface area contributed by atoms with E-state index < -0.39 is 0 Å². The number of aliphatic hydroxyl groups excluding tert-OH is 1. The van der Waals surface area contributed by atoms with E-state index in [0.29, 0.717) is 6.54 Å². The molecule has 0 aliphatic rings. The number of carbonyl (C=O) groups is 1. The lowest BCUT2D eigenvalue weighted by Crippen LogP contribution is -2.37. The van der Waals surface area contributed by atoms with Crippen molar-refractivity contribution in [2.45, 2.75) is 19.9 Å². The molecule has 4 nitrogen and oxygen atoms in total. The third kappa shape index (κ3) is 4.70. The Labute approximate surface area is 121 Å². The van der Waals surface area contributed by atoms with E-state index in [4.69, 9.17) is 5.11 Å². The van der Waals surface area contributed by atoms with Gasteiger partial charge in [-0.15, -0.1) is 0 Å². The largest absolute Gasteiger partial charge is 0.395 e. The highest BCUT2D eigenvalue weighted by Gasteiger charge is 2.13. The minimum Gasteiger partial charge on any atom is -0.395 e. The van der Waals surface area contributed by atoms with Gasteiger partial charge in [-0.2, -0.15) is 0 Å². The van der Waals surface area contributed by atoms with Crippen LogP contribution < -0.4 is 4.90 Å². The van der Waals surface area contributed by atoms with Crippen molar-refractivity contribution in [2.75, 3.05) is 32.1 Å². The van der Waals surface area contributed by atoms with Crippen LogP contribution in [-0.4, -0.2) is 49.2 Å². The molecule has 0 radical (unpaired) electrons. The van der Waals surface area contributed by atoms with Crippen LogP contribution in [0.4, 0.5) is 5.69 Å². The number of hydrogen-bond donors (Lipinski definition) is 1. The number of carbonyl (C=O) groups excluding carboxylic acids is 1. The molecule has 0 unspecified atom stereocenters. The van der Waals surface area contributed by atoms with E-state index in [1.807, 2.05) is 57.1 Å². The predicted molar refractivity (Wildman–Crippen MR) is 83.7 cm³/mol. The van der Waals surface area contributed by atoms with E-state index >= 15 is 0 Å². The van der Waals surface area contributed by atoms with E-state index in [-0.39, 0.29) is 18.6 Å². The van der Waals surface area contributed by atoms with Gasteiger partial charge in [-0.3, -0.25) is 4.79 Å². The lowest BCUT2D eigenvalue weighted by molar-refractivity contribution is -0.128. The van der Waals surface area contributed by atoms with Gasteiger partial charge in [-0.1, -0.05) is 12.1 Å². The highest BCUT2D eigenvalue weighted by atomic mass is 16.3. The maximum absolute atomic E-state index is 12.0. The first kappa shape index (κ1) is 16.2. The van der Waals surface area contributed by atoms with Crippen LogP contribution in [0.1, 0.15) is 19.4 Å². The van der Waals surface area contributed by atoms with Crippen molar-refractivity contribution >= 4 is 17.7 Å². The molecule has 0 aromatic heterocycles. The lowest BCUT2D eigenvalue weighted by atomic mass is 10.2. The topological polar surface area (TPSA) is 43.8 Å². The van der Waals surface area contributed by atoms with Crippen LogP contribution in [-0.2, 0) is 4.79 Å². The average molecular weight is 276 g/mol. The Kier molecular flexibility index (Phi) is 6.25. The minimum absolute atomic E-state index is 0.0186. The number of amides is 1. The van der Waals surface area contributed by atoms with E-state index in [9.17, 15) is 4.79 Å². The summed E-state index contributed by atoms with van der Waals surface area (Å²) in [6.45, 7) is 4.22. The smallest absolute Gasteiger partial charge is 0.246 e. The number of nitrogens with zero attached hydrogens (tertiary/aromatic N) is 2. The SMILES string of the molecule is CC(C)N(CCO)C(=O)/C=C/c1ccc(N(C)C)cc1. The Bertz CT molecular complexity index is 450. The molecule has 0 spiro atoms. The van der Waals surface area contributed by atoms with Crippen molar-refractivity contribution in [1.82, 2.24) is 4.90 Å². The summed E-state index contributed by atoms with van der Waals surface area (Å²) in [5, 5.41) is 8.98. The molecule has 0 atom stereocenters. The first-order chi connectivity index (χ1) is 9.45. The molecule has 0 heterocycles. The number of rotatable bonds is 6. The zero-order chi connectivity index (χ0) is 15.1. The van der Waals surface area contributed by atoms with Gasteiger partial charge in [0, 0.05) is 38.4 Å². The molecule has 0 aliphatic carbocycles. The van der Waals surface area contributed by atoms with Crippen molar-refractivity contribution in [3.05, 3.63) is 35.9 Å². The number of anilines is 1.